The number of thioether (sulfide) groups is 1. The van der Waals surface area contributed by atoms with Crippen LogP contribution >= 0.6 is 11.8 Å². The molecule has 0 aromatic heterocycles. The molecule has 196 valence electrons. The first kappa shape index (κ1) is 30.1. The van der Waals surface area contributed by atoms with E-state index in [2.05, 4.69) is 16.0 Å². The number of nitrogens with one attached hydrogen (secondary N) is 3. The number of carbonyl (C=O) groups excluding carboxylic acids is 3. The van der Waals surface area contributed by atoms with Crippen molar-refractivity contribution < 1.29 is 29.0 Å². The van der Waals surface area contributed by atoms with Gasteiger partial charge in [-0.25, -0.2) is 9.59 Å². The second kappa shape index (κ2) is 14.4. The number of rotatable bonds is 12. The Bertz CT molecular complexity index is 689. The van der Waals surface area contributed by atoms with Gasteiger partial charge >= 0.3 is 12.1 Å². The molecule has 3 atom stereocenters. The van der Waals surface area contributed by atoms with Crippen LogP contribution in [0.4, 0.5) is 4.79 Å². The van der Waals surface area contributed by atoms with Crippen LogP contribution in [-0.2, 0) is 19.1 Å². The minimum atomic E-state index is -1.00. The number of ether oxygens (including phenoxy) is 1. The Labute approximate surface area is 207 Å². The maximum atomic E-state index is 12.8. The molecule has 1 rings (SSSR count). The van der Waals surface area contributed by atoms with E-state index in [4.69, 9.17) is 4.74 Å². The summed E-state index contributed by atoms with van der Waals surface area (Å²) >= 11 is 1.55. The molecule has 34 heavy (non-hydrogen) atoms. The van der Waals surface area contributed by atoms with Crippen molar-refractivity contribution in [2.24, 2.45) is 17.8 Å². The summed E-state index contributed by atoms with van der Waals surface area (Å²) in [5.41, 5.74) is -0.648. The first-order valence-electron chi connectivity index (χ1n) is 12.2. The zero-order valence-corrected chi connectivity index (χ0v) is 22.3. The summed E-state index contributed by atoms with van der Waals surface area (Å²) in [6.07, 6.45) is 5.28. The van der Waals surface area contributed by atoms with Crippen molar-refractivity contribution in [2.45, 2.75) is 90.8 Å². The van der Waals surface area contributed by atoms with E-state index in [0.29, 0.717) is 31.6 Å². The predicted molar refractivity (Wildman–Crippen MR) is 134 cm³/mol. The Kier molecular flexibility index (Phi) is 12.8. The van der Waals surface area contributed by atoms with Gasteiger partial charge in [0.2, 0.25) is 11.8 Å². The zero-order chi connectivity index (χ0) is 25.9. The Morgan fingerprint density at radius 1 is 1.09 bits per heavy atom. The number of carbonyl (C=O) groups is 4. The highest BCUT2D eigenvalue weighted by molar-refractivity contribution is 7.98. The molecule has 0 aliphatic heterocycles. The smallest absolute Gasteiger partial charge is 0.408 e. The normalized spacial score (nSPS) is 21.0. The van der Waals surface area contributed by atoms with Gasteiger partial charge in [0, 0.05) is 12.5 Å². The van der Waals surface area contributed by atoms with Crippen molar-refractivity contribution in [3.8, 4) is 0 Å². The van der Waals surface area contributed by atoms with E-state index in [1.807, 2.05) is 20.1 Å². The molecular formula is C24H43N3O6S. The van der Waals surface area contributed by atoms with E-state index in [9.17, 15) is 24.3 Å². The van der Waals surface area contributed by atoms with Crippen LogP contribution in [0, 0.1) is 17.8 Å². The van der Waals surface area contributed by atoms with Crippen LogP contribution in [0.15, 0.2) is 0 Å². The highest BCUT2D eigenvalue weighted by Crippen LogP contribution is 2.29. The van der Waals surface area contributed by atoms with Gasteiger partial charge < -0.3 is 25.8 Å². The summed E-state index contributed by atoms with van der Waals surface area (Å²) in [5.74, 6) is -0.796. The SMILES string of the molecule is CCC(C)C(NC(=O)OC(C)(C)C)C(=O)NCC1CCC(C(=O)NC(CCSC)C(=O)O)CC1. The van der Waals surface area contributed by atoms with E-state index in [0.717, 1.165) is 19.3 Å². The third kappa shape index (κ3) is 11.0. The van der Waals surface area contributed by atoms with Crippen LogP contribution in [0.25, 0.3) is 0 Å². The standard InChI is InChI=1S/C24H43N3O6S/c1-7-15(2)19(27-23(32)33-24(3,4)5)21(29)25-14-16-8-10-17(11-9-16)20(28)26-18(22(30)31)12-13-34-6/h15-19H,7-14H2,1-6H3,(H,25,29)(H,26,28)(H,27,32)(H,30,31). The van der Waals surface area contributed by atoms with Crippen LogP contribution in [0.3, 0.4) is 0 Å². The van der Waals surface area contributed by atoms with Crippen molar-refractivity contribution in [1.82, 2.24) is 16.0 Å². The van der Waals surface area contributed by atoms with Gasteiger partial charge in [0.05, 0.1) is 0 Å². The van der Waals surface area contributed by atoms with Crippen molar-refractivity contribution in [3.05, 3.63) is 0 Å². The maximum Gasteiger partial charge on any atom is 0.408 e. The average Bonchev–Trinajstić information content (AvgIpc) is 2.76. The molecule has 10 heteroatoms. The lowest BCUT2D eigenvalue weighted by atomic mass is 9.81. The lowest BCUT2D eigenvalue weighted by molar-refractivity contribution is -0.142. The van der Waals surface area contributed by atoms with Gasteiger partial charge in [0.1, 0.15) is 17.7 Å². The van der Waals surface area contributed by atoms with Crippen LogP contribution in [0.5, 0.6) is 0 Å². The second-order valence-corrected chi connectivity index (χ2v) is 11.1. The van der Waals surface area contributed by atoms with Gasteiger partial charge in [0.25, 0.3) is 0 Å². The molecule has 0 bridgehead atoms. The molecule has 0 saturated heterocycles. The summed E-state index contributed by atoms with van der Waals surface area (Å²) in [6, 6.07) is -1.54. The van der Waals surface area contributed by atoms with Crippen molar-refractivity contribution in [2.75, 3.05) is 18.6 Å². The summed E-state index contributed by atoms with van der Waals surface area (Å²) in [6.45, 7) is 9.66. The predicted octanol–water partition coefficient (Wildman–Crippen LogP) is 3.17. The van der Waals surface area contributed by atoms with Gasteiger partial charge in [-0.1, -0.05) is 20.3 Å². The molecule has 0 aromatic rings. The second-order valence-electron chi connectivity index (χ2n) is 10.2. The lowest BCUT2D eigenvalue weighted by Crippen LogP contribution is -2.52. The molecule has 0 heterocycles. The fourth-order valence-corrected chi connectivity index (χ4v) is 4.37. The van der Waals surface area contributed by atoms with Gasteiger partial charge in [-0.2, -0.15) is 11.8 Å². The fraction of sp³-hybridized carbons (Fsp3) is 0.833. The van der Waals surface area contributed by atoms with Crippen molar-refractivity contribution in [1.29, 1.82) is 0 Å². The van der Waals surface area contributed by atoms with Crippen LogP contribution in [0.2, 0.25) is 0 Å². The van der Waals surface area contributed by atoms with Gasteiger partial charge in [0.15, 0.2) is 0 Å². The number of carboxylic acid groups (broad SMARTS) is 1. The molecule has 4 N–H and O–H groups in total. The Hall–Kier alpha value is -1.97. The number of amides is 3. The molecule has 3 unspecified atom stereocenters. The highest BCUT2D eigenvalue weighted by Gasteiger charge is 2.31. The van der Waals surface area contributed by atoms with Gasteiger partial charge in [-0.05, 0) is 76.7 Å². The van der Waals surface area contributed by atoms with E-state index >= 15 is 0 Å². The molecule has 9 nitrogen and oxygen atoms in total. The Morgan fingerprint density at radius 3 is 2.21 bits per heavy atom. The third-order valence-electron chi connectivity index (χ3n) is 6.18. The zero-order valence-electron chi connectivity index (χ0n) is 21.4. The fourth-order valence-electron chi connectivity index (χ4n) is 3.90. The van der Waals surface area contributed by atoms with Crippen LogP contribution in [-0.4, -0.2) is 65.2 Å². The van der Waals surface area contributed by atoms with Gasteiger partial charge in [-0.3, -0.25) is 9.59 Å². The molecule has 3 amide bonds. The molecule has 1 fully saturated rings. The highest BCUT2D eigenvalue weighted by atomic mass is 32.2. The van der Waals surface area contributed by atoms with E-state index in [1.165, 1.54) is 0 Å². The monoisotopic (exact) mass is 501 g/mol. The van der Waals surface area contributed by atoms with Crippen molar-refractivity contribution >= 4 is 35.6 Å². The largest absolute Gasteiger partial charge is 0.480 e. The van der Waals surface area contributed by atoms with Gasteiger partial charge in [-0.15, -0.1) is 0 Å². The number of hydrogen-bond donors (Lipinski definition) is 4. The Morgan fingerprint density at radius 2 is 1.71 bits per heavy atom. The molecule has 0 radical (unpaired) electrons. The molecule has 1 aliphatic carbocycles. The quantitative estimate of drug-likeness (QED) is 0.323. The summed E-state index contributed by atoms with van der Waals surface area (Å²) in [4.78, 5) is 48.9. The van der Waals surface area contributed by atoms with Crippen molar-refractivity contribution in [3.63, 3.8) is 0 Å². The number of carboxylic acids is 1. The van der Waals surface area contributed by atoms with E-state index in [1.54, 1.807) is 32.5 Å². The van der Waals surface area contributed by atoms with E-state index < -0.39 is 29.7 Å². The summed E-state index contributed by atoms with van der Waals surface area (Å²) < 4.78 is 5.30. The molecule has 1 aliphatic rings. The molecule has 0 spiro atoms. The average molecular weight is 502 g/mol. The third-order valence-corrected chi connectivity index (χ3v) is 6.82. The summed E-state index contributed by atoms with van der Waals surface area (Å²) in [5, 5.41) is 17.7. The topological polar surface area (TPSA) is 134 Å². The van der Waals surface area contributed by atoms with Crippen LogP contribution < -0.4 is 16.0 Å². The molecule has 1 saturated carbocycles. The van der Waals surface area contributed by atoms with Crippen LogP contribution in [0.1, 0.15) is 73.1 Å². The number of alkyl carbamates (subject to hydrolysis) is 1. The van der Waals surface area contributed by atoms with E-state index in [-0.39, 0.29) is 29.6 Å². The number of hydrogen-bond acceptors (Lipinski definition) is 6. The number of aliphatic carboxylic acids is 1. The molecule has 0 aromatic carbocycles. The summed E-state index contributed by atoms with van der Waals surface area (Å²) in [7, 11) is 0. The molecular weight excluding hydrogens is 458 g/mol. The lowest BCUT2D eigenvalue weighted by Gasteiger charge is -2.30. The maximum absolute atomic E-state index is 12.8. The first-order valence-corrected chi connectivity index (χ1v) is 13.6. The minimum absolute atomic E-state index is 0.0553. The Balaban J connectivity index is 2.53. The first-order chi connectivity index (χ1) is 15.9. The minimum Gasteiger partial charge on any atom is -0.480 e.